The number of nitrogens with one attached hydrogen (secondary N) is 1. The van der Waals surface area contributed by atoms with Gasteiger partial charge < -0.3 is 19.3 Å². The Morgan fingerprint density at radius 2 is 2.04 bits per heavy atom. The van der Waals surface area contributed by atoms with Crippen molar-refractivity contribution in [1.82, 2.24) is 4.90 Å². The number of benzene rings is 1. The lowest BCUT2D eigenvalue weighted by molar-refractivity contribution is -0.885. The van der Waals surface area contributed by atoms with Crippen LogP contribution in [0.5, 0.6) is 0 Å². The number of quaternary nitrogens is 1. The molecule has 6 nitrogen and oxygen atoms in total. The van der Waals surface area contributed by atoms with Crippen LogP contribution in [0.25, 0.3) is 0 Å². The van der Waals surface area contributed by atoms with E-state index in [0.717, 1.165) is 22.6 Å². The molecule has 1 unspecified atom stereocenters. The summed E-state index contributed by atoms with van der Waals surface area (Å²) in [5.74, 6) is 0.238. The highest BCUT2D eigenvalue weighted by atomic mass is 32.2. The largest absolute Gasteiger partial charge is 0.462 e. The van der Waals surface area contributed by atoms with Crippen molar-refractivity contribution in [2.45, 2.75) is 18.7 Å². The van der Waals surface area contributed by atoms with Crippen molar-refractivity contribution in [1.29, 1.82) is 0 Å². The standard InChI is InChI=1S/C19H27FN2O4S/c1-3-26-18(24)14-21(9-4-11-25-2)13-17(23)22-10-12-27-19(22)15-5-7-16(20)8-6-15/h5-8,19H,3-4,9-14H2,1-2H3/p+1/t19-/m0/s1. The lowest BCUT2D eigenvalue weighted by Crippen LogP contribution is -3.14. The zero-order chi connectivity index (χ0) is 19.6. The van der Waals surface area contributed by atoms with Gasteiger partial charge in [0.15, 0.2) is 13.1 Å². The van der Waals surface area contributed by atoms with Crippen molar-refractivity contribution in [3.8, 4) is 0 Å². The van der Waals surface area contributed by atoms with Crippen LogP contribution in [0.15, 0.2) is 24.3 Å². The second kappa shape index (κ2) is 11.3. The van der Waals surface area contributed by atoms with Crippen LogP contribution in [-0.4, -0.2) is 69.0 Å². The number of nitrogens with zero attached hydrogens (tertiary/aromatic N) is 1. The van der Waals surface area contributed by atoms with Crippen molar-refractivity contribution >= 4 is 23.6 Å². The third-order valence-corrected chi connectivity index (χ3v) is 5.61. The van der Waals surface area contributed by atoms with Crippen molar-refractivity contribution in [2.24, 2.45) is 0 Å². The minimum absolute atomic E-state index is 0.00830. The zero-order valence-electron chi connectivity index (χ0n) is 15.9. The van der Waals surface area contributed by atoms with Crippen LogP contribution in [0, 0.1) is 5.82 Å². The van der Waals surface area contributed by atoms with Gasteiger partial charge in [0, 0.05) is 25.8 Å². The average molecular weight is 400 g/mol. The third kappa shape index (κ3) is 6.79. The van der Waals surface area contributed by atoms with Crippen molar-refractivity contribution < 1.29 is 28.4 Å². The molecule has 0 saturated carbocycles. The summed E-state index contributed by atoms with van der Waals surface area (Å²) in [5.41, 5.74) is 0.915. The van der Waals surface area contributed by atoms with Gasteiger partial charge in [0.25, 0.3) is 5.91 Å². The topological polar surface area (TPSA) is 60.3 Å². The molecule has 1 fully saturated rings. The summed E-state index contributed by atoms with van der Waals surface area (Å²) >= 11 is 1.67. The summed E-state index contributed by atoms with van der Waals surface area (Å²) < 4.78 is 23.3. The number of carbonyl (C=O) groups is 2. The molecule has 0 aromatic heterocycles. The molecule has 1 aromatic carbocycles. The molecule has 1 aliphatic heterocycles. The summed E-state index contributed by atoms with van der Waals surface area (Å²) in [6.45, 7) is 4.36. The fourth-order valence-corrected chi connectivity index (χ4v) is 4.34. The smallest absolute Gasteiger partial charge is 0.361 e. The molecule has 1 saturated heterocycles. The number of halogens is 1. The van der Waals surface area contributed by atoms with Gasteiger partial charge in [-0.15, -0.1) is 11.8 Å². The van der Waals surface area contributed by atoms with Crippen LogP contribution in [0.2, 0.25) is 0 Å². The van der Waals surface area contributed by atoms with E-state index in [9.17, 15) is 14.0 Å². The van der Waals surface area contributed by atoms with E-state index in [0.29, 0.717) is 26.3 Å². The van der Waals surface area contributed by atoms with Gasteiger partial charge in [-0.1, -0.05) is 12.1 Å². The Morgan fingerprint density at radius 1 is 1.30 bits per heavy atom. The molecule has 8 heteroatoms. The Balaban J connectivity index is 2.00. The number of hydrogen-bond acceptors (Lipinski definition) is 5. The second-order valence-electron chi connectivity index (χ2n) is 6.37. The Morgan fingerprint density at radius 3 is 2.70 bits per heavy atom. The average Bonchev–Trinajstić information content (AvgIpc) is 3.12. The molecule has 1 heterocycles. The quantitative estimate of drug-likeness (QED) is 0.468. The van der Waals surface area contributed by atoms with Gasteiger partial charge in [0.05, 0.1) is 19.8 Å². The fraction of sp³-hybridized carbons (Fsp3) is 0.579. The van der Waals surface area contributed by atoms with Crippen LogP contribution in [-0.2, 0) is 19.1 Å². The van der Waals surface area contributed by atoms with Gasteiger partial charge >= 0.3 is 5.97 Å². The minimum atomic E-state index is -0.302. The molecule has 0 bridgehead atoms. The summed E-state index contributed by atoms with van der Waals surface area (Å²) in [7, 11) is 1.63. The highest BCUT2D eigenvalue weighted by molar-refractivity contribution is 7.99. The molecule has 150 valence electrons. The molecule has 27 heavy (non-hydrogen) atoms. The molecule has 1 N–H and O–H groups in total. The maximum absolute atomic E-state index is 13.2. The maximum Gasteiger partial charge on any atom is 0.361 e. The zero-order valence-corrected chi connectivity index (χ0v) is 16.7. The van der Waals surface area contributed by atoms with Crippen molar-refractivity contribution in [3.05, 3.63) is 35.6 Å². The van der Waals surface area contributed by atoms with E-state index in [1.807, 2.05) is 4.90 Å². The van der Waals surface area contributed by atoms with E-state index in [-0.39, 0.29) is 36.2 Å². The van der Waals surface area contributed by atoms with Gasteiger partial charge in [-0.25, -0.2) is 9.18 Å². The first kappa shape index (κ1) is 21.7. The number of methoxy groups -OCH3 is 1. The van der Waals surface area contributed by atoms with E-state index >= 15 is 0 Å². The van der Waals surface area contributed by atoms with E-state index in [4.69, 9.17) is 9.47 Å². The second-order valence-corrected chi connectivity index (χ2v) is 7.55. The molecule has 1 amide bonds. The molecule has 0 spiro atoms. The fourth-order valence-electron chi connectivity index (χ4n) is 3.07. The van der Waals surface area contributed by atoms with Crippen LogP contribution >= 0.6 is 11.8 Å². The predicted octanol–water partition coefficient (Wildman–Crippen LogP) is 0.884. The van der Waals surface area contributed by atoms with Gasteiger partial charge in [0.1, 0.15) is 11.2 Å². The number of esters is 1. The Bertz CT molecular complexity index is 614. The number of rotatable bonds is 10. The number of amides is 1. The Labute approximate surface area is 164 Å². The monoisotopic (exact) mass is 399 g/mol. The Kier molecular flexibility index (Phi) is 9.03. The molecule has 0 aliphatic carbocycles. The molecule has 1 aliphatic rings. The summed E-state index contributed by atoms with van der Waals surface area (Å²) in [4.78, 5) is 27.5. The van der Waals surface area contributed by atoms with E-state index < -0.39 is 0 Å². The number of carbonyl (C=O) groups excluding carboxylic acids is 2. The number of hydrogen-bond donors (Lipinski definition) is 1. The maximum atomic E-state index is 13.2. The van der Waals surface area contributed by atoms with E-state index in [2.05, 4.69) is 0 Å². The van der Waals surface area contributed by atoms with Gasteiger partial charge in [-0.3, -0.25) is 4.79 Å². The van der Waals surface area contributed by atoms with Crippen LogP contribution in [0.4, 0.5) is 4.39 Å². The first-order chi connectivity index (χ1) is 13.0. The van der Waals surface area contributed by atoms with Crippen molar-refractivity contribution in [2.75, 3.05) is 52.3 Å². The molecule has 2 rings (SSSR count). The molecular formula is C19H28FN2O4S+. The van der Waals surface area contributed by atoms with Crippen LogP contribution in [0.1, 0.15) is 24.3 Å². The predicted molar refractivity (Wildman–Crippen MR) is 102 cm³/mol. The third-order valence-electron chi connectivity index (χ3n) is 4.35. The van der Waals surface area contributed by atoms with E-state index in [1.54, 1.807) is 37.9 Å². The normalized spacial score (nSPS) is 17.7. The molecular weight excluding hydrogens is 371 g/mol. The molecule has 1 aromatic rings. The minimum Gasteiger partial charge on any atom is -0.462 e. The SMILES string of the molecule is CCOC(=O)C[NH+](CCCOC)CC(=O)N1CCS[C@H]1c1ccc(F)cc1. The molecule has 0 radical (unpaired) electrons. The number of thioether (sulfide) groups is 1. The van der Waals surface area contributed by atoms with Crippen LogP contribution < -0.4 is 4.90 Å². The highest BCUT2D eigenvalue weighted by Gasteiger charge is 2.33. The molecule has 2 atom stereocenters. The van der Waals surface area contributed by atoms with Crippen molar-refractivity contribution in [3.63, 3.8) is 0 Å². The summed E-state index contributed by atoms with van der Waals surface area (Å²) in [6, 6.07) is 6.28. The summed E-state index contributed by atoms with van der Waals surface area (Å²) in [5, 5.41) is -0.110. The first-order valence-corrected chi connectivity index (χ1v) is 10.2. The Hall–Kier alpha value is -1.64. The van der Waals surface area contributed by atoms with E-state index in [1.165, 1.54) is 12.1 Å². The highest BCUT2D eigenvalue weighted by Crippen LogP contribution is 2.37. The van der Waals surface area contributed by atoms with Gasteiger partial charge in [-0.2, -0.15) is 0 Å². The number of ether oxygens (including phenoxy) is 2. The summed E-state index contributed by atoms with van der Waals surface area (Å²) in [6.07, 6.45) is 0.759. The van der Waals surface area contributed by atoms with Gasteiger partial charge in [0.2, 0.25) is 0 Å². The van der Waals surface area contributed by atoms with Crippen LogP contribution in [0.3, 0.4) is 0 Å². The first-order valence-electron chi connectivity index (χ1n) is 9.19. The van der Waals surface area contributed by atoms with Gasteiger partial charge in [-0.05, 0) is 24.6 Å². The lowest BCUT2D eigenvalue weighted by atomic mass is 10.2. The lowest BCUT2D eigenvalue weighted by Gasteiger charge is -2.26.